The largest absolute Gasteiger partial charge is 0.465 e. The van der Waals surface area contributed by atoms with Crippen LogP contribution in [0.4, 0.5) is 23.7 Å². The number of carbonyl (C=O) groups is 1. The third-order valence-corrected chi connectivity index (χ3v) is 3.34. The van der Waals surface area contributed by atoms with Crippen LogP contribution in [0.1, 0.15) is 5.56 Å². The second kappa shape index (κ2) is 5.80. The summed E-state index contributed by atoms with van der Waals surface area (Å²) in [5.74, 6) is 0. The molecule has 1 N–H and O–H groups in total. The molecule has 1 aliphatic heterocycles. The molecule has 1 aromatic rings. The number of likely N-dealkylation sites (N-methyl/N-ethyl adjacent to an activating group) is 1. The van der Waals surface area contributed by atoms with Gasteiger partial charge in [0.2, 0.25) is 0 Å². The molecule has 2 rings (SSSR count). The quantitative estimate of drug-likeness (QED) is 0.912. The molecule has 1 unspecified atom stereocenters. The molecule has 0 radical (unpaired) electrons. The van der Waals surface area contributed by atoms with Crippen molar-refractivity contribution in [3.63, 3.8) is 0 Å². The van der Waals surface area contributed by atoms with E-state index in [1.165, 1.54) is 19.2 Å². The van der Waals surface area contributed by atoms with Crippen LogP contribution < -0.4 is 4.90 Å². The Morgan fingerprint density at radius 3 is 2.52 bits per heavy atom. The van der Waals surface area contributed by atoms with Crippen molar-refractivity contribution in [3.05, 3.63) is 29.8 Å². The minimum absolute atomic E-state index is 0.272. The van der Waals surface area contributed by atoms with Crippen LogP contribution in [0.25, 0.3) is 0 Å². The van der Waals surface area contributed by atoms with Crippen LogP contribution in [-0.4, -0.2) is 49.1 Å². The Labute approximate surface area is 119 Å². The van der Waals surface area contributed by atoms with E-state index in [1.807, 2.05) is 0 Å². The van der Waals surface area contributed by atoms with Gasteiger partial charge in [0.25, 0.3) is 0 Å². The zero-order valence-electron chi connectivity index (χ0n) is 11.3. The molecule has 1 heterocycles. The summed E-state index contributed by atoms with van der Waals surface area (Å²) >= 11 is 0. The second-order valence-corrected chi connectivity index (χ2v) is 4.71. The van der Waals surface area contributed by atoms with Gasteiger partial charge in [-0.25, -0.2) is 4.79 Å². The highest BCUT2D eigenvalue weighted by Crippen LogP contribution is 2.30. The van der Waals surface area contributed by atoms with E-state index in [-0.39, 0.29) is 6.54 Å². The molecule has 0 saturated carbocycles. The molecule has 1 fully saturated rings. The third kappa shape index (κ3) is 3.57. The summed E-state index contributed by atoms with van der Waals surface area (Å²) in [4.78, 5) is 13.7. The van der Waals surface area contributed by atoms with Crippen LogP contribution in [-0.2, 0) is 10.9 Å². The Morgan fingerprint density at radius 2 is 2.00 bits per heavy atom. The molecule has 0 aliphatic carbocycles. The van der Waals surface area contributed by atoms with Gasteiger partial charge in [-0.05, 0) is 24.3 Å². The van der Waals surface area contributed by atoms with Crippen LogP contribution in [0.2, 0.25) is 0 Å². The van der Waals surface area contributed by atoms with Gasteiger partial charge in [0, 0.05) is 19.3 Å². The number of nitrogens with zero attached hydrogens (tertiary/aromatic N) is 2. The lowest BCUT2D eigenvalue weighted by atomic mass is 10.2. The Bertz CT molecular complexity index is 504. The fourth-order valence-electron chi connectivity index (χ4n) is 2.08. The van der Waals surface area contributed by atoms with Crippen molar-refractivity contribution in [2.45, 2.75) is 12.4 Å². The third-order valence-electron chi connectivity index (χ3n) is 3.34. The maximum Gasteiger partial charge on any atom is 0.416 e. The summed E-state index contributed by atoms with van der Waals surface area (Å²) in [5, 5.41) is 8.92. The molecule has 0 spiro atoms. The van der Waals surface area contributed by atoms with E-state index in [1.54, 1.807) is 4.90 Å². The number of ether oxygens (including phenoxy) is 1. The van der Waals surface area contributed by atoms with Gasteiger partial charge in [-0.2, -0.15) is 13.2 Å². The molecular weight excluding hydrogens is 289 g/mol. The molecule has 1 amide bonds. The first-order chi connectivity index (χ1) is 9.79. The molecule has 1 aliphatic rings. The maximum absolute atomic E-state index is 12.5. The molecule has 116 valence electrons. The normalized spacial score (nSPS) is 19.4. The van der Waals surface area contributed by atoms with Crippen LogP contribution in [0.3, 0.4) is 0 Å². The molecule has 1 aromatic carbocycles. The van der Waals surface area contributed by atoms with E-state index in [9.17, 15) is 18.0 Å². The molecule has 8 heteroatoms. The number of morpholine rings is 1. The van der Waals surface area contributed by atoms with Gasteiger partial charge < -0.3 is 14.7 Å². The van der Waals surface area contributed by atoms with Gasteiger partial charge in [-0.15, -0.1) is 0 Å². The van der Waals surface area contributed by atoms with Gasteiger partial charge in [-0.1, -0.05) is 0 Å². The highest BCUT2D eigenvalue weighted by molar-refractivity contribution is 5.65. The van der Waals surface area contributed by atoms with Gasteiger partial charge in [0.15, 0.2) is 6.23 Å². The Balaban J connectivity index is 2.09. The van der Waals surface area contributed by atoms with Crippen LogP contribution in [0.5, 0.6) is 0 Å². The summed E-state index contributed by atoms with van der Waals surface area (Å²) < 4.78 is 42.9. The molecule has 0 aromatic heterocycles. The van der Waals surface area contributed by atoms with Crippen molar-refractivity contribution in [1.82, 2.24) is 4.90 Å². The number of rotatable bonds is 2. The van der Waals surface area contributed by atoms with Crippen LogP contribution in [0, 0.1) is 0 Å². The predicted molar refractivity (Wildman–Crippen MR) is 69.2 cm³/mol. The van der Waals surface area contributed by atoms with Crippen molar-refractivity contribution in [1.29, 1.82) is 0 Å². The maximum atomic E-state index is 12.5. The fourth-order valence-corrected chi connectivity index (χ4v) is 2.08. The second-order valence-electron chi connectivity index (χ2n) is 4.71. The zero-order chi connectivity index (χ0) is 15.6. The Morgan fingerprint density at radius 1 is 1.38 bits per heavy atom. The van der Waals surface area contributed by atoms with E-state index >= 15 is 0 Å². The van der Waals surface area contributed by atoms with Crippen molar-refractivity contribution < 1.29 is 27.8 Å². The average molecular weight is 304 g/mol. The highest BCUT2D eigenvalue weighted by atomic mass is 19.4. The molecule has 21 heavy (non-hydrogen) atoms. The topological polar surface area (TPSA) is 53.0 Å². The Kier molecular flexibility index (Phi) is 4.26. The first kappa shape index (κ1) is 15.4. The van der Waals surface area contributed by atoms with E-state index in [0.29, 0.717) is 18.8 Å². The van der Waals surface area contributed by atoms with Gasteiger partial charge in [0.1, 0.15) is 0 Å². The van der Waals surface area contributed by atoms with Crippen molar-refractivity contribution in [2.24, 2.45) is 0 Å². The molecule has 1 saturated heterocycles. The average Bonchev–Trinajstić information content (AvgIpc) is 2.46. The first-order valence-electron chi connectivity index (χ1n) is 6.28. The zero-order valence-corrected chi connectivity index (χ0v) is 11.3. The van der Waals surface area contributed by atoms with E-state index in [0.717, 1.165) is 17.0 Å². The van der Waals surface area contributed by atoms with Gasteiger partial charge >= 0.3 is 12.3 Å². The monoisotopic (exact) mass is 304 g/mol. The number of halogens is 3. The first-order valence-corrected chi connectivity index (χ1v) is 6.28. The van der Waals surface area contributed by atoms with Crippen LogP contribution in [0.15, 0.2) is 24.3 Å². The lowest BCUT2D eigenvalue weighted by Gasteiger charge is -2.37. The van der Waals surface area contributed by atoms with E-state index in [2.05, 4.69) is 0 Å². The minimum atomic E-state index is -4.37. The molecular formula is C13H15F3N2O3. The van der Waals surface area contributed by atoms with Crippen molar-refractivity contribution in [3.8, 4) is 0 Å². The lowest BCUT2D eigenvalue weighted by Crippen LogP contribution is -2.51. The van der Waals surface area contributed by atoms with E-state index in [4.69, 9.17) is 9.84 Å². The van der Waals surface area contributed by atoms with E-state index < -0.39 is 24.1 Å². The Hall–Kier alpha value is -1.96. The van der Waals surface area contributed by atoms with Crippen molar-refractivity contribution in [2.75, 3.05) is 31.6 Å². The number of carboxylic acid groups (broad SMARTS) is 1. The highest BCUT2D eigenvalue weighted by Gasteiger charge is 2.31. The summed E-state index contributed by atoms with van der Waals surface area (Å²) in [5.41, 5.74) is -0.103. The van der Waals surface area contributed by atoms with Crippen molar-refractivity contribution >= 4 is 11.8 Å². The number of benzene rings is 1. The number of hydrogen-bond acceptors (Lipinski definition) is 3. The lowest BCUT2D eigenvalue weighted by molar-refractivity contribution is -0.137. The molecule has 5 nitrogen and oxygen atoms in total. The number of hydrogen-bond donors (Lipinski definition) is 1. The smallest absolute Gasteiger partial charge is 0.416 e. The van der Waals surface area contributed by atoms with Gasteiger partial charge in [0.05, 0.1) is 18.7 Å². The molecule has 1 atom stereocenters. The van der Waals surface area contributed by atoms with Gasteiger partial charge in [-0.3, -0.25) is 4.90 Å². The summed E-state index contributed by atoms with van der Waals surface area (Å²) in [7, 11) is 1.39. The predicted octanol–water partition coefficient (Wildman–Crippen LogP) is 2.48. The summed E-state index contributed by atoms with van der Waals surface area (Å²) in [6.07, 6.45) is -6.12. The standard InChI is InChI=1S/C13H15F3N2O3/c1-17(12(19)20)11-8-18(6-7-21-11)10-4-2-9(3-5-10)13(14,15)16/h2-5,11H,6-8H2,1H3,(H,19,20). The summed E-state index contributed by atoms with van der Waals surface area (Å²) in [6, 6.07) is 4.79. The number of anilines is 1. The fraction of sp³-hybridized carbons (Fsp3) is 0.462. The summed E-state index contributed by atoms with van der Waals surface area (Å²) in [6.45, 7) is 1.08. The van der Waals surface area contributed by atoms with Crippen LogP contribution >= 0.6 is 0 Å². The number of alkyl halides is 3. The molecule has 0 bridgehead atoms. The number of amides is 1. The minimum Gasteiger partial charge on any atom is -0.465 e. The SMILES string of the molecule is CN(C(=O)O)C1CN(c2ccc(C(F)(F)F)cc2)CCO1.